The first-order chi connectivity index (χ1) is 9.13. The molecular weight excluding hydrogens is 239 g/mol. The molecule has 19 heavy (non-hydrogen) atoms. The second kappa shape index (κ2) is 6.16. The van der Waals surface area contributed by atoms with Crippen molar-refractivity contribution in [2.45, 2.75) is 45.1 Å². The van der Waals surface area contributed by atoms with E-state index in [0.29, 0.717) is 5.56 Å². The number of benzene rings is 1. The maximum atomic E-state index is 13.3. The van der Waals surface area contributed by atoms with E-state index in [1.165, 1.54) is 25.3 Å². The summed E-state index contributed by atoms with van der Waals surface area (Å²) >= 11 is 0. The lowest BCUT2D eigenvalue weighted by molar-refractivity contribution is 0.179. The molecule has 2 atom stereocenters. The number of hydrogen-bond acceptors (Lipinski definition) is 2. The van der Waals surface area contributed by atoms with E-state index in [1.807, 2.05) is 6.07 Å². The van der Waals surface area contributed by atoms with Crippen molar-refractivity contribution in [3.63, 3.8) is 0 Å². The quantitative estimate of drug-likeness (QED) is 0.830. The molecule has 1 aliphatic rings. The Balaban J connectivity index is 2.17. The fourth-order valence-electron chi connectivity index (χ4n) is 2.84. The SMILES string of the molecule is Cc1cc(C(C)C(C#N)N2CCCCC2)ccc1F. The molecule has 0 N–H and O–H groups in total. The number of nitrogens with zero attached hydrogens (tertiary/aromatic N) is 2. The highest BCUT2D eigenvalue weighted by Crippen LogP contribution is 2.26. The van der Waals surface area contributed by atoms with Crippen molar-refractivity contribution in [2.24, 2.45) is 0 Å². The molecule has 0 amide bonds. The Morgan fingerprint density at radius 1 is 1.26 bits per heavy atom. The Morgan fingerprint density at radius 2 is 1.95 bits per heavy atom. The maximum absolute atomic E-state index is 13.3. The molecule has 3 heteroatoms. The van der Waals surface area contributed by atoms with Gasteiger partial charge in [-0.25, -0.2) is 4.39 Å². The summed E-state index contributed by atoms with van der Waals surface area (Å²) in [5, 5.41) is 9.47. The van der Waals surface area contributed by atoms with Crippen LogP contribution >= 0.6 is 0 Å². The van der Waals surface area contributed by atoms with E-state index in [9.17, 15) is 9.65 Å². The number of hydrogen-bond donors (Lipinski definition) is 0. The van der Waals surface area contributed by atoms with Gasteiger partial charge in [-0.05, 0) is 50.0 Å². The summed E-state index contributed by atoms with van der Waals surface area (Å²) < 4.78 is 13.3. The van der Waals surface area contributed by atoms with E-state index < -0.39 is 0 Å². The van der Waals surface area contributed by atoms with Crippen LogP contribution in [0, 0.1) is 24.1 Å². The second-order valence-corrected chi connectivity index (χ2v) is 5.47. The summed E-state index contributed by atoms with van der Waals surface area (Å²) in [5.74, 6) is -0.0650. The van der Waals surface area contributed by atoms with Crippen molar-refractivity contribution in [2.75, 3.05) is 13.1 Å². The molecule has 0 bridgehead atoms. The van der Waals surface area contributed by atoms with Crippen molar-refractivity contribution in [3.8, 4) is 6.07 Å². The summed E-state index contributed by atoms with van der Waals surface area (Å²) in [6.45, 7) is 5.84. The van der Waals surface area contributed by atoms with Crippen LogP contribution in [0.15, 0.2) is 18.2 Å². The highest BCUT2D eigenvalue weighted by Gasteiger charge is 2.26. The fourth-order valence-corrected chi connectivity index (χ4v) is 2.84. The zero-order valence-corrected chi connectivity index (χ0v) is 11.7. The third-order valence-electron chi connectivity index (χ3n) is 4.10. The molecule has 2 rings (SSSR count). The third-order valence-corrected chi connectivity index (χ3v) is 4.10. The standard InChI is InChI=1S/C16H21FN2/c1-12-10-14(6-7-15(12)17)13(2)16(11-18)19-8-4-3-5-9-19/h6-7,10,13,16H,3-5,8-9H2,1-2H3. The van der Waals surface area contributed by atoms with Gasteiger partial charge in [0, 0.05) is 5.92 Å². The molecule has 1 aromatic rings. The Kier molecular flexibility index (Phi) is 4.55. The van der Waals surface area contributed by atoms with Crippen LogP contribution in [0.2, 0.25) is 0 Å². The number of likely N-dealkylation sites (tertiary alicyclic amines) is 1. The lowest BCUT2D eigenvalue weighted by Crippen LogP contribution is -2.41. The molecule has 102 valence electrons. The van der Waals surface area contributed by atoms with Gasteiger partial charge in [0.25, 0.3) is 0 Å². The molecule has 0 saturated carbocycles. The lowest BCUT2D eigenvalue weighted by atomic mass is 9.91. The summed E-state index contributed by atoms with van der Waals surface area (Å²) in [5.41, 5.74) is 1.70. The van der Waals surface area contributed by atoms with Crippen LogP contribution in [0.1, 0.15) is 43.2 Å². The lowest BCUT2D eigenvalue weighted by Gasteiger charge is -2.34. The monoisotopic (exact) mass is 260 g/mol. The molecule has 0 spiro atoms. The predicted octanol–water partition coefficient (Wildman–Crippen LogP) is 3.62. The number of rotatable bonds is 3. The summed E-state index contributed by atoms with van der Waals surface area (Å²) in [4.78, 5) is 2.27. The molecule has 1 saturated heterocycles. The van der Waals surface area contributed by atoms with E-state index in [2.05, 4.69) is 17.9 Å². The van der Waals surface area contributed by atoms with Crippen molar-refractivity contribution >= 4 is 0 Å². The second-order valence-electron chi connectivity index (χ2n) is 5.47. The average Bonchev–Trinajstić information content (AvgIpc) is 2.44. The van der Waals surface area contributed by atoms with Crippen LogP contribution in [0.4, 0.5) is 4.39 Å². The average molecular weight is 260 g/mol. The number of nitriles is 1. The van der Waals surface area contributed by atoms with Crippen LogP contribution in [0.3, 0.4) is 0 Å². The van der Waals surface area contributed by atoms with Crippen LogP contribution in [-0.2, 0) is 0 Å². The van der Waals surface area contributed by atoms with Gasteiger partial charge in [0.05, 0.1) is 6.07 Å². The topological polar surface area (TPSA) is 27.0 Å². The van der Waals surface area contributed by atoms with Crippen LogP contribution < -0.4 is 0 Å². The molecule has 1 heterocycles. The van der Waals surface area contributed by atoms with Gasteiger partial charge < -0.3 is 0 Å². The van der Waals surface area contributed by atoms with Crippen molar-refractivity contribution in [3.05, 3.63) is 35.1 Å². The molecule has 2 unspecified atom stereocenters. The maximum Gasteiger partial charge on any atom is 0.126 e. The summed E-state index contributed by atoms with van der Waals surface area (Å²) in [6.07, 6.45) is 3.61. The van der Waals surface area contributed by atoms with Gasteiger partial charge in [0.15, 0.2) is 0 Å². The molecule has 0 radical (unpaired) electrons. The minimum atomic E-state index is -0.178. The van der Waals surface area contributed by atoms with E-state index >= 15 is 0 Å². The molecule has 1 aliphatic heterocycles. The van der Waals surface area contributed by atoms with Gasteiger partial charge in [-0.2, -0.15) is 5.26 Å². The van der Waals surface area contributed by atoms with E-state index in [-0.39, 0.29) is 17.8 Å². The molecule has 2 nitrogen and oxygen atoms in total. The van der Waals surface area contributed by atoms with E-state index in [0.717, 1.165) is 18.7 Å². The first kappa shape index (κ1) is 14.0. The number of aryl methyl sites for hydroxylation is 1. The van der Waals surface area contributed by atoms with Crippen LogP contribution in [0.25, 0.3) is 0 Å². The van der Waals surface area contributed by atoms with Crippen LogP contribution in [-0.4, -0.2) is 24.0 Å². The molecule has 1 aromatic carbocycles. The van der Waals surface area contributed by atoms with Crippen molar-refractivity contribution in [1.29, 1.82) is 5.26 Å². The summed E-state index contributed by atoms with van der Waals surface area (Å²) in [7, 11) is 0. The predicted molar refractivity (Wildman–Crippen MR) is 74.4 cm³/mol. The van der Waals surface area contributed by atoms with E-state index in [1.54, 1.807) is 13.0 Å². The Labute approximate surface area is 114 Å². The number of halogens is 1. The van der Waals surface area contributed by atoms with Gasteiger partial charge in [-0.3, -0.25) is 4.90 Å². The molecule has 0 aromatic heterocycles. The molecular formula is C16H21FN2. The largest absolute Gasteiger partial charge is 0.288 e. The van der Waals surface area contributed by atoms with Gasteiger partial charge in [-0.15, -0.1) is 0 Å². The Hall–Kier alpha value is -1.40. The Morgan fingerprint density at radius 3 is 2.53 bits per heavy atom. The summed E-state index contributed by atoms with van der Waals surface area (Å²) in [6, 6.07) is 7.51. The highest BCUT2D eigenvalue weighted by molar-refractivity contribution is 5.29. The zero-order valence-electron chi connectivity index (χ0n) is 11.7. The van der Waals surface area contributed by atoms with Gasteiger partial charge in [0.2, 0.25) is 0 Å². The molecule has 0 aliphatic carbocycles. The minimum absolute atomic E-state index is 0.106. The Bertz CT molecular complexity index is 472. The number of piperidine rings is 1. The zero-order chi connectivity index (χ0) is 13.8. The van der Waals surface area contributed by atoms with Crippen molar-refractivity contribution in [1.82, 2.24) is 4.90 Å². The van der Waals surface area contributed by atoms with Gasteiger partial charge >= 0.3 is 0 Å². The third kappa shape index (κ3) is 3.13. The first-order valence-corrected chi connectivity index (χ1v) is 7.03. The van der Waals surface area contributed by atoms with Gasteiger partial charge in [-0.1, -0.05) is 25.5 Å². The minimum Gasteiger partial charge on any atom is -0.288 e. The highest BCUT2D eigenvalue weighted by atomic mass is 19.1. The normalized spacial score (nSPS) is 19.7. The molecule has 1 fully saturated rings. The van der Waals surface area contributed by atoms with E-state index in [4.69, 9.17) is 0 Å². The van der Waals surface area contributed by atoms with Gasteiger partial charge in [0.1, 0.15) is 11.9 Å². The van der Waals surface area contributed by atoms with Crippen LogP contribution in [0.5, 0.6) is 0 Å². The fraction of sp³-hybridized carbons (Fsp3) is 0.562. The smallest absolute Gasteiger partial charge is 0.126 e. The first-order valence-electron chi connectivity index (χ1n) is 7.03. The van der Waals surface area contributed by atoms with Crippen molar-refractivity contribution < 1.29 is 4.39 Å².